The lowest BCUT2D eigenvalue weighted by atomic mass is 9.93. The van der Waals surface area contributed by atoms with Gasteiger partial charge in [-0.15, -0.1) is 0 Å². The Hall–Kier alpha value is -3.56. The van der Waals surface area contributed by atoms with Gasteiger partial charge in [0, 0.05) is 28.8 Å². The first kappa shape index (κ1) is 18.8. The van der Waals surface area contributed by atoms with Crippen LogP contribution < -0.4 is 5.32 Å². The molecule has 0 aliphatic rings. The minimum atomic E-state index is -0.925. The van der Waals surface area contributed by atoms with Crippen LogP contribution in [0.3, 0.4) is 0 Å². The van der Waals surface area contributed by atoms with Crippen LogP contribution >= 0.6 is 0 Å². The normalized spacial score (nSPS) is 12.4. The van der Waals surface area contributed by atoms with Gasteiger partial charge in [0.15, 0.2) is 12.0 Å². The quantitative estimate of drug-likeness (QED) is 0.409. The Morgan fingerprint density at radius 2 is 1.97 bits per heavy atom. The number of aliphatic hydroxyl groups excluding tert-OH is 1. The predicted octanol–water partition coefficient (Wildman–Crippen LogP) is 4.12. The minimum Gasteiger partial charge on any atom is -0.369 e. The summed E-state index contributed by atoms with van der Waals surface area (Å²) >= 11 is 0. The highest BCUT2D eigenvalue weighted by molar-refractivity contribution is 5.48. The molecule has 0 bridgehead atoms. The van der Waals surface area contributed by atoms with Crippen molar-refractivity contribution < 1.29 is 9.63 Å². The first-order valence-electron chi connectivity index (χ1n) is 9.36. The number of pyridine rings is 1. The number of fused-ring (bicyclic) bond motifs is 1. The van der Waals surface area contributed by atoms with Gasteiger partial charge >= 0.3 is 0 Å². The highest BCUT2D eigenvalue weighted by atomic mass is 16.5. The molecule has 0 saturated carbocycles. The third-order valence-corrected chi connectivity index (χ3v) is 4.49. The summed E-state index contributed by atoms with van der Waals surface area (Å²) in [5.74, 6) is 7.52. The number of aromatic nitrogens is 3. The van der Waals surface area contributed by atoms with Crippen molar-refractivity contribution in [3.05, 3.63) is 83.5 Å². The zero-order valence-electron chi connectivity index (χ0n) is 16.5. The fourth-order valence-corrected chi connectivity index (χ4v) is 2.87. The number of rotatable bonds is 3. The Morgan fingerprint density at radius 3 is 2.76 bits per heavy atom. The summed E-state index contributed by atoms with van der Waals surface area (Å²) in [6, 6.07) is 15.1. The van der Waals surface area contributed by atoms with Gasteiger partial charge in [0.1, 0.15) is 17.1 Å². The zero-order chi connectivity index (χ0) is 20.4. The highest BCUT2D eigenvalue weighted by Gasteiger charge is 2.20. The van der Waals surface area contributed by atoms with Crippen molar-refractivity contribution >= 4 is 11.5 Å². The lowest BCUT2D eigenvalue weighted by Crippen LogP contribution is -2.11. The highest BCUT2D eigenvalue weighted by Crippen LogP contribution is 2.26. The molecule has 6 nitrogen and oxygen atoms in total. The van der Waals surface area contributed by atoms with E-state index >= 15 is 0 Å². The van der Waals surface area contributed by atoms with Crippen LogP contribution in [0, 0.1) is 11.8 Å². The van der Waals surface area contributed by atoms with Crippen LogP contribution in [0.15, 0.2) is 65.4 Å². The molecule has 0 saturated heterocycles. The SMILES string of the molecule is CC(C)(C)c1cc(NC(O)c2cccc(C#Cc3cnc4ccccn34)c2)no1. The summed E-state index contributed by atoms with van der Waals surface area (Å²) in [5.41, 5.74) is 3.00. The van der Waals surface area contributed by atoms with Gasteiger partial charge < -0.3 is 14.9 Å². The second-order valence-corrected chi connectivity index (χ2v) is 7.82. The van der Waals surface area contributed by atoms with Gasteiger partial charge in [-0.3, -0.25) is 4.40 Å². The Balaban J connectivity index is 1.52. The Kier molecular flexibility index (Phi) is 4.83. The molecule has 0 fully saturated rings. The van der Waals surface area contributed by atoms with Crippen molar-refractivity contribution in [2.45, 2.75) is 32.4 Å². The molecular weight excluding hydrogens is 364 g/mol. The summed E-state index contributed by atoms with van der Waals surface area (Å²) in [7, 11) is 0. The fourth-order valence-electron chi connectivity index (χ4n) is 2.87. The van der Waals surface area contributed by atoms with Gasteiger partial charge in [-0.25, -0.2) is 4.98 Å². The molecule has 1 aromatic carbocycles. The van der Waals surface area contributed by atoms with Gasteiger partial charge in [-0.2, -0.15) is 0 Å². The van der Waals surface area contributed by atoms with Gasteiger partial charge in [0.2, 0.25) is 0 Å². The summed E-state index contributed by atoms with van der Waals surface area (Å²) < 4.78 is 7.29. The van der Waals surface area contributed by atoms with Crippen LogP contribution in [0.1, 0.15) is 49.6 Å². The number of nitrogens with zero attached hydrogens (tertiary/aromatic N) is 3. The average molecular weight is 386 g/mol. The molecule has 3 aromatic heterocycles. The van der Waals surface area contributed by atoms with Gasteiger partial charge in [-0.1, -0.05) is 50.0 Å². The zero-order valence-corrected chi connectivity index (χ0v) is 16.5. The molecule has 0 amide bonds. The maximum Gasteiger partial charge on any atom is 0.171 e. The van der Waals surface area contributed by atoms with E-state index in [9.17, 15) is 5.11 Å². The van der Waals surface area contributed by atoms with E-state index in [1.165, 1.54) is 0 Å². The van der Waals surface area contributed by atoms with Crippen molar-refractivity contribution in [3.8, 4) is 11.8 Å². The Morgan fingerprint density at radius 1 is 1.10 bits per heavy atom. The summed E-state index contributed by atoms with van der Waals surface area (Å²) in [4.78, 5) is 4.34. The van der Waals surface area contributed by atoms with Crippen molar-refractivity contribution in [2.75, 3.05) is 5.32 Å². The molecule has 0 aliphatic carbocycles. The number of hydrogen-bond acceptors (Lipinski definition) is 5. The third-order valence-electron chi connectivity index (χ3n) is 4.49. The largest absolute Gasteiger partial charge is 0.369 e. The van der Waals surface area contributed by atoms with Crippen LogP contribution in [-0.2, 0) is 5.41 Å². The second-order valence-electron chi connectivity index (χ2n) is 7.82. The maximum atomic E-state index is 10.5. The molecule has 4 aromatic rings. The van der Waals surface area contributed by atoms with Crippen molar-refractivity contribution in [1.82, 2.24) is 14.5 Å². The number of nitrogens with one attached hydrogen (secondary N) is 1. The molecule has 3 heterocycles. The predicted molar refractivity (Wildman–Crippen MR) is 111 cm³/mol. The van der Waals surface area contributed by atoms with E-state index in [0.29, 0.717) is 11.4 Å². The maximum absolute atomic E-state index is 10.5. The number of imidazole rings is 1. The molecule has 0 aliphatic heterocycles. The summed E-state index contributed by atoms with van der Waals surface area (Å²) in [6.45, 7) is 6.12. The Bertz CT molecular complexity index is 1200. The first-order chi connectivity index (χ1) is 13.9. The van der Waals surface area contributed by atoms with Crippen LogP contribution in [0.25, 0.3) is 5.65 Å². The lowest BCUT2D eigenvalue weighted by molar-refractivity contribution is 0.206. The molecule has 29 heavy (non-hydrogen) atoms. The van der Waals surface area contributed by atoms with Crippen molar-refractivity contribution in [1.29, 1.82) is 0 Å². The topological polar surface area (TPSA) is 75.6 Å². The summed E-state index contributed by atoms with van der Waals surface area (Å²) in [6.07, 6.45) is 2.76. The van der Waals surface area contributed by atoms with Crippen LogP contribution in [-0.4, -0.2) is 19.6 Å². The van der Waals surface area contributed by atoms with E-state index in [2.05, 4.69) is 27.3 Å². The van der Waals surface area contributed by atoms with Gasteiger partial charge in [0.25, 0.3) is 0 Å². The van der Waals surface area contributed by atoms with E-state index in [4.69, 9.17) is 4.52 Å². The number of anilines is 1. The standard InChI is InChI=1S/C23H22N4O2/c1-23(2,3)19-14-20(26-29-19)25-22(28)17-8-6-7-16(13-17)10-11-18-15-24-21-9-4-5-12-27(18)21/h4-9,12-15,22,28H,1-3H3,(H,25,26). The molecule has 2 N–H and O–H groups in total. The monoisotopic (exact) mass is 386 g/mol. The van der Waals surface area contributed by atoms with Crippen LogP contribution in [0.2, 0.25) is 0 Å². The van der Waals surface area contributed by atoms with Crippen molar-refractivity contribution in [2.24, 2.45) is 0 Å². The molecule has 4 rings (SSSR count). The lowest BCUT2D eigenvalue weighted by Gasteiger charge is -2.13. The van der Waals surface area contributed by atoms with Crippen LogP contribution in [0.5, 0.6) is 0 Å². The molecule has 1 atom stereocenters. The van der Waals surface area contributed by atoms with Crippen molar-refractivity contribution in [3.63, 3.8) is 0 Å². The van der Waals surface area contributed by atoms with E-state index < -0.39 is 6.23 Å². The molecule has 1 unspecified atom stereocenters. The fraction of sp³-hybridized carbons (Fsp3) is 0.217. The van der Waals surface area contributed by atoms with E-state index in [-0.39, 0.29) is 5.41 Å². The van der Waals surface area contributed by atoms with Crippen LogP contribution in [0.4, 0.5) is 5.82 Å². The van der Waals surface area contributed by atoms with E-state index in [1.807, 2.05) is 73.8 Å². The molecule has 0 radical (unpaired) electrons. The Labute approximate surface area is 169 Å². The van der Waals surface area contributed by atoms with E-state index in [0.717, 1.165) is 22.7 Å². The smallest absolute Gasteiger partial charge is 0.171 e. The third kappa shape index (κ3) is 4.15. The number of benzene rings is 1. The summed E-state index contributed by atoms with van der Waals surface area (Å²) in [5, 5.41) is 17.5. The number of hydrogen-bond donors (Lipinski definition) is 2. The molecule has 146 valence electrons. The first-order valence-corrected chi connectivity index (χ1v) is 9.36. The van der Waals surface area contributed by atoms with Gasteiger partial charge in [0.05, 0.1) is 6.20 Å². The minimum absolute atomic E-state index is 0.148. The molecule has 6 heteroatoms. The number of aliphatic hydroxyl groups is 1. The van der Waals surface area contributed by atoms with E-state index in [1.54, 1.807) is 12.3 Å². The van der Waals surface area contributed by atoms with Gasteiger partial charge in [-0.05, 0) is 30.2 Å². The average Bonchev–Trinajstić information content (AvgIpc) is 3.33. The second kappa shape index (κ2) is 7.46. The molecule has 0 spiro atoms. The molecular formula is C23H22N4O2.